The van der Waals surface area contributed by atoms with Crippen LogP contribution in [-0.4, -0.2) is 49.6 Å². The molecule has 0 aromatic heterocycles. The van der Waals surface area contributed by atoms with Crippen molar-refractivity contribution in [3.8, 4) is 5.75 Å². The smallest absolute Gasteiger partial charge is 0.387 e. The summed E-state index contributed by atoms with van der Waals surface area (Å²) in [5, 5.41) is 2.81. The first-order valence-electron chi connectivity index (χ1n) is 9.52. The molecule has 1 saturated heterocycles. The third kappa shape index (κ3) is 5.87. The molecular formula is C21H24F3N3O2. The minimum atomic E-state index is -2.88. The molecule has 8 heteroatoms. The Morgan fingerprint density at radius 3 is 2.34 bits per heavy atom. The van der Waals surface area contributed by atoms with Gasteiger partial charge < -0.3 is 15.0 Å². The number of carbonyl (C=O) groups excluding carboxylic acids is 1. The van der Waals surface area contributed by atoms with Gasteiger partial charge in [0.15, 0.2) is 0 Å². The van der Waals surface area contributed by atoms with Gasteiger partial charge in [0.1, 0.15) is 11.6 Å². The Labute approximate surface area is 168 Å². The van der Waals surface area contributed by atoms with Crippen molar-refractivity contribution in [3.05, 3.63) is 54.3 Å². The molecule has 1 unspecified atom stereocenters. The van der Waals surface area contributed by atoms with Crippen molar-refractivity contribution in [1.29, 1.82) is 0 Å². The number of amides is 1. The maximum Gasteiger partial charge on any atom is 0.387 e. The van der Waals surface area contributed by atoms with Crippen LogP contribution < -0.4 is 15.0 Å². The van der Waals surface area contributed by atoms with E-state index >= 15 is 0 Å². The van der Waals surface area contributed by atoms with E-state index in [1.165, 1.54) is 36.4 Å². The van der Waals surface area contributed by atoms with E-state index in [9.17, 15) is 18.0 Å². The highest BCUT2D eigenvalue weighted by Gasteiger charge is 2.24. The number of hydrogen-bond donors (Lipinski definition) is 1. The third-order valence-corrected chi connectivity index (χ3v) is 5.00. The van der Waals surface area contributed by atoms with Crippen LogP contribution in [0.4, 0.5) is 24.5 Å². The predicted octanol–water partition coefficient (Wildman–Crippen LogP) is 3.97. The fraction of sp³-hybridized carbons (Fsp3) is 0.381. The molecule has 1 N–H and O–H groups in total. The summed E-state index contributed by atoms with van der Waals surface area (Å²) in [4.78, 5) is 16.9. The number of halogens is 3. The van der Waals surface area contributed by atoms with Crippen molar-refractivity contribution in [2.75, 3.05) is 36.4 Å². The fourth-order valence-electron chi connectivity index (χ4n) is 3.37. The molecule has 156 valence electrons. The molecule has 0 spiro atoms. The van der Waals surface area contributed by atoms with Gasteiger partial charge in [-0.1, -0.05) is 0 Å². The Morgan fingerprint density at radius 1 is 1.00 bits per heavy atom. The highest BCUT2D eigenvalue weighted by molar-refractivity contribution is 5.94. The number of nitrogens with zero attached hydrogens (tertiary/aromatic N) is 2. The minimum absolute atomic E-state index is 0.0412. The Kier molecular flexibility index (Phi) is 6.98. The van der Waals surface area contributed by atoms with Crippen LogP contribution in [0.15, 0.2) is 48.5 Å². The monoisotopic (exact) mass is 407 g/mol. The van der Waals surface area contributed by atoms with Gasteiger partial charge in [-0.15, -0.1) is 0 Å². The molecule has 0 radical (unpaired) electrons. The maximum absolute atomic E-state index is 13.1. The molecule has 0 saturated carbocycles. The van der Waals surface area contributed by atoms with Crippen molar-refractivity contribution in [3.63, 3.8) is 0 Å². The van der Waals surface area contributed by atoms with Crippen LogP contribution >= 0.6 is 0 Å². The van der Waals surface area contributed by atoms with E-state index in [0.29, 0.717) is 12.2 Å². The quantitative estimate of drug-likeness (QED) is 0.787. The topological polar surface area (TPSA) is 44.8 Å². The highest BCUT2D eigenvalue weighted by atomic mass is 19.3. The second kappa shape index (κ2) is 9.65. The van der Waals surface area contributed by atoms with Gasteiger partial charge in [-0.05, 0) is 61.9 Å². The Bertz CT molecular complexity index is 800. The lowest BCUT2D eigenvalue weighted by Gasteiger charge is -2.27. The second-order valence-electron chi connectivity index (χ2n) is 6.92. The van der Waals surface area contributed by atoms with Gasteiger partial charge in [-0.25, -0.2) is 4.39 Å². The first kappa shape index (κ1) is 21.0. The summed E-state index contributed by atoms with van der Waals surface area (Å²) < 4.78 is 41.9. The lowest BCUT2D eigenvalue weighted by Crippen LogP contribution is -2.43. The number of hydrogen-bond acceptors (Lipinski definition) is 4. The molecule has 2 aromatic rings. The van der Waals surface area contributed by atoms with Crippen LogP contribution in [0, 0.1) is 5.82 Å². The summed E-state index contributed by atoms with van der Waals surface area (Å²) in [5.41, 5.74) is 1.49. The molecule has 1 aliphatic rings. The minimum Gasteiger partial charge on any atom is -0.435 e. The van der Waals surface area contributed by atoms with Crippen LogP contribution in [0.1, 0.15) is 13.3 Å². The lowest BCUT2D eigenvalue weighted by molar-refractivity contribution is -0.120. The van der Waals surface area contributed by atoms with Gasteiger partial charge in [0.05, 0.1) is 6.04 Å². The number of benzene rings is 2. The largest absolute Gasteiger partial charge is 0.435 e. The molecule has 2 aromatic carbocycles. The van der Waals surface area contributed by atoms with Crippen molar-refractivity contribution in [1.82, 2.24) is 4.90 Å². The Hall–Kier alpha value is -2.74. The molecule has 0 aliphatic carbocycles. The van der Waals surface area contributed by atoms with Crippen molar-refractivity contribution in [2.24, 2.45) is 0 Å². The molecule has 1 heterocycles. The van der Waals surface area contributed by atoms with E-state index < -0.39 is 6.61 Å². The van der Waals surface area contributed by atoms with Gasteiger partial charge in [-0.2, -0.15) is 8.78 Å². The summed E-state index contributed by atoms with van der Waals surface area (Å²) in [6.45, 7) is 2.01. The molecular weight excluding hydrogens is 383 g/mol. The molecule has 29 heavy (non-hydrogen) atoms. The summed E-state index contributed by atoms with van der Waals surface area (Å²) in [7, 11) is 0. The van der Waals surface area contributed by atoms with Crippen LogP contribution in [0.5, 0.6) is 5.75 Å². The number of alkyl halides is 2. The Balaban J connectivity index is 1.54. The highest BCUT2D eigenvalue weighted by Crippen LogP contribution is 2.20. The summed E-state index contributed by atoms with van der Waals surface area (Å²) >= 11 is 0. The first-order valence-corrected chi connectivity index (χ1v) is 9.52. The lowest BCUT2D eigenvalue weighted by atomic mass is 10.2. The number of nitrogens with one attached hydrogen (secondary N) is 1. The van der Waals surface area contributed by atoms with Crippen molar-refractivity contribution >= 4 is 17.3 Å². The number of anilines is 2. The van der Waals surface area contributed by atoms with E-state index in [1.54, 1.807) is 12.1 Å². The maximum atomic E-state index is 13.1. The molecule has 0 bridgehead atoms. The second-order valence-corrected chi connectivity index (χ2v) is 6.92. The van der Waals surface area contributed by atoms with Gasteiger partial charge in [-0.3, -0.25) is 9.69 Å². The molecule has 1 aliphatic heterocycles. The zero-order valence-electron chi connectivity index (χ0n) is 16.2. The van der Waals surface area contributed by atoms with Crippen molar-refractivity contribution in [2.45, 2.75) is 26.0 Å². The molecule has 1 amide bonds. The third-order valence-electron chi connectivity index (χ3n) is 5.00. The average molecular weight is 407 g/mol. The van der Waals surface area contributed by atoms with E-state index in [0.717, 1.165) is 31.7 Å². The summed E-state index contributed by atoms with van der Waals surface area (Å²) in [5.74, 6) is -0.383. The van der Waals surface area contributed by atoms with Crippen molar-refractivity contribution < 1.29 is 22.7 Å². The Morgan fingerprint density at radius 2 is 1.69 bits per heavy atom. The van der Waals surface area contributed by atoms with Gasteiger partial charge in [0, 0.05) is 37.6 Å². The van der Waals surface area contributed by atoms with E-state index in [-0.39, 0.29) is 23.5 Å². The van der Waals surface area contributed by atoms with Gasteiger partial charge >= 0.3 is 6.61 Å². The SMILES string of the molecule is CC(C(=O)Nc1ccc(OC(F)F)cc1)N1CCCN(c2ccc(F)cc2)CC1. The zero-order chi connectivity index (χ0) is 20.8. The summed E-state index contributed by atoms with van der Waals surface area (Å²) in [6.07, 6.45) is 0.884. The summed E-state index contributed by atoms with van der Waals surface area (Å²) in [6, 6.07) is 11.9. The van der Waals surface area contributed by atoms with E-state index in [1.807, 2.05) is 6.92 Å². The number of ether oxygens (including phenoxy) is 1. The van der Waals surface area contributed by atoms with Crippen LogP contribution in [0.2, 0.25) is 0 Å². The fourth-order valence-corrected chi connectivity index (χ4v) is 3.37. The predicted molar refractivity (Wildman–Crippen MR) is 106 cm³/mol. The van der Waals surface area contributed by atoms with Crippen LogP contribution in [0.25, 0.3) is 0 Å². The average Bonchev–Trinajstić information content (AvgIpc) is 2.95. The van der Waals surface area contributed by atoms with Gasteiger partial charge in [0.2, 0.25) is 5.91 Å². The van der Waals surface area contributed by atoms with E-state index in [2.05, 4.69) is 19.9 Å². The molecule has 5 nitrogen and oxygen atoms in total. The zero-order valence-corrected chi connectivity index (χ0v) is 16.2. The molecule has 1 atom stereocenters. The number of rotatable bonds is 6. The standard InChI is InChI=1S/C21H24F3N3O2/c1-15(20(28)25-17-5-9-19(10-6-17)29-21(23)24)26-11-2-12-27(14-13-26)18-7-3-16(22)4-8-18/h3-10,15,21H,2,11-14H2,1H3,(H,25,28). The van der Waals surface area contributed by atoms with Crippen LogP contribution in [0.3, 0.4) is 0 Å². The molecule has 3 rings (SSSR count). The normalized spacial score (nSPS) is 16.4. The number of carbonyl (C=O) groups is 1. The van der Waals surface area contributed by atoms with E-state index in [4.69, 9.17) is 0 Å². The van der Waals surface area contributed by atoms with Gasteiger partial charge in [0.25, 0.3) is 0 Å². The first-order chi connectivity index (χ1) is 13.9. The molecule has 1 fully saturated rings. The van der Waals surface area contributed by atoms with Crippen LogP contribution in [-0.2, 0) is 4.79 Å².